The van der Waals surface area contributed by atoms with Gasteiger partial charge < -0.3 is 9.64 Å². The standard InChI is InChI=1S/C24H25N3O2S/c1-17-9-11-18(12-10-17)23-21(15-27(25-23)19-6-3-2-4-7-19)24-26(22(28)16-30-24)14-20-8-5-13-29-20/h2-4,6-7,9-12,15,20,24H,5,8,13-14,16H2,1H3/t20-,24-/m1/s1. The van der Waals surface area contributed by atoms with Crippen molar-refractivity contribution in [2.75, 3.05) is 18.9 Å². The van der Waals surface area contributed by atoms with Crippen molar-refractivity contribution in [3.63, 3.8) is 0 Å². The SMILES string of the molecule is Cc1ccc(-c2nn(-c3ccccc3)cc2[C@H]2SCC(=O)N2C[C@H]2CCCO2)cc1. The Hall–Kier alpha value is -2.57. The molecule has 2 aliphatic rings. The summed E-state index contributed by atoms with van der Waals surface area (Å²) in [4.78, 5) is 14.7. The summed E-state index contributed by atoms with van der Waals surface area (Å²) in [5, 5.41) is 4.90. The van der Waals surface area contributed by atoms with Crippen LogP contribution in [0.3, 0.4) is 0 Å². The third-order valence-corrected chi connectivity index (χ3v) is 6.98. The lowest BCUT2D eigenvalue weighted by Gasteiger charge is -2.26. The molecule has 154 valence electrons. The predicted octanol–water partition coefficient (Wildman–Crippen LogP) is 4.60. The normalized spacial score (nSPS) is 21.5. The highest BCUT2D eigenvalue weighted by atomic mass is 32.2. The van der Waals surface area contributed by atoms with Crippen LogP contribution in [0.15, 0.2) is 60.8 Å². The van der Waals surface area contributed by atoms with Crippen LogP contribution in [0.2, 0.25) is 0 Å². The molecule has 0 aliphatic carbocycles. The van der Waals surface area contributed by atoms with E-state index in [1.54, 1.807) is 11.8 Å². The number of aromatic nitrogens is 2. The van der Waals surface area contributed by atoms with Crippen LogP contribution < -0.4 is 0 Å². The molecule has 0 spiro atoms. The number of benzene rings is 2. The predicted molar refractivity (Wildman–Crippen MR) is 120 cm³/mol. The zero-order valence-electron chi connectivity index (χ0n) is 17.0. The monoisotopic (exact) mass is 419 g/mol. The van der Waals surface area contributed by atoms with Gasteiger partial charge in [0.15, 0.2) is 0 Å². The Bertz CT molecular complexity index is 1030. The van der Waals surface area contributed by atoms with E-state index < -0.39 is 0 Å². The average Bonchev–Trinajstić information content (AvgIpc) is 3.51. The molecule has 2 aliphatic heterocycles. The highest BCUT2D eigenvalue weighted by molar-refractivity contribution is 8.00. The zero-order chi connectivity index (χ0) is 20.5. The number of amides is 1. The molecule has 0 N–H and O–H groups in total. The number of para-hydroxylation sites is 1. The van der Waals surface area contributed by atoms with E-state index in [1.165, 1.54) is 5.56 Å². The van der Waals surface area contributed by atoms with Gasteiger partial charge in [0.2, 0.25) is 5.91 Å². The number of hydrogen-bond acceptors (Lipinski definition) is 4. The molecule has 2 saturated heterocycles. The second-order valence-corrected chi connectivity index (χ2v) is 8.99. The number of carbonyl (C=O) groups excluding carboxylic acids is 1. The van der Waals surface area contributed by atoms with Crippen LogP contribution in [0.4, 0.5) is 0 Å². The molecule has 2 fully saturated rings. The summed E-state index contributed by atoms with van der Waals surface area (Å²) in [6.45, 7) is 3.54. The Labute approximate surface area is 181 Å². The van der Waals surface area contributed by atoms with Gasteiger partial charge >= 0.3 is 0 Å². The Balaban J connectivity index is 1.56. The number of nitrogens with zero attached hydrogens (tertiary/aromatic N) is 3. The van der Waals surface area contributed by atoms with E-state index in [0.29, 0.717) is 12.3 Å². The quantitative estimate of drug-likeness (QED) is 0.606. The van der Waals surface area contributed by atoms with Crippen molar-refractivity contribution in [1.29, 1.82) is 0 Å². The molecule has 0 saturated carbocycles. The van der Waals surface area contributed by atoms with Crippen LogP contribution >= 0.6 is 11.8 Å². The molecule has 0 bridgehead atoms. The van der Waals surface area contributed by atoms with E-state index in [2.05, 4.69) is 37.4 Å². The van der Waals surface area contributed by atoms with Gasteiger partial charge in [0.1, 0.15) is 5.37 Å². The summed E-state index contributed by atoms with van der Waals surface area (Å²) >= 11 is 1.68. The minimum absolute atomic E-state index is 0.0459. The van der Waals surface area contributed by atoms with Crippen LogP contribution in [0.5, 0.6) is 0 Å². The molecule has 1 aromatic heterocycles. The minimum Gasteiger partial charge on any atom is -0.376 e. The Morgan fingerprint density at radius 1 is 1.13 bits per heavy atom. The number of thioether (sulfide) groups is 1. The van der Waals surface area contributed by atoms with Gasteiger partial charge in [0.05, 0.1) is 23.2 Å². The molecule has 0 radical (unpaired) electrons. The molecule has 3 aromatic rings. The van der Waals surface area contributed by atoms with E-state index in [-0.39, 0.29) is 17.4 Å². The van der Waals surface area contributed by atoms with Crippen LogP contribution in [0.25, 0.3) is 16.9 Å². The summed E-state index contributed by atoms with van der Waals surface area (Å²) in [6.07, 6.45) is 4.33. The lowest BCUT2D eigenvalue weighted by Crippen LogP contribution is -2.35. The molecule has 6 heteroatoms. The molecule has 0 unspecified atom stereocenters. The van der Waals surface area contributed by atoms with Gasteiger partial charge in [0.25, 0.3) is 0 Å². The third kappa shape index (κ3) is 3.77. The molecule has 30 heavy (non-hydrogen) atoms. The summed E-state index contributed by atoms with van der Waals surface area (Å²) in [7, 11) is 0. The fourth-order valence-corrected chi connectivity index (χ4v) is 5.34. The van der Waals surface area contributed by atoms with E-state index in [1.807, 2.05) is 39.9 Å². The highest BCUT2D eigenvalue weighted by Gasteiger charge is 2.37. The number of rotatable bonds is 5. The van der Waals surface area contributed by atoms with Gasteiger partial charge in [-0.2, -0.15) is 5.10 Å². The lowest BCUT2D eigenvalue weighted by molar-refractivity contribution is -0.129. The van der Waals surface area contributed by atoms with E-state index in [0.717, 1.165) is 42.0 Å². The first-order valence-corrected chi connectivity index (χ1v) is 11.5. The van der Waals surface area contributed by atoms with Gasteiger partial charge in [-0.15, -0.1) is 11.8 Å². The summed E-state index contributed by atoms with van der Waals surface area (Å²) < 4.78 is 7.75. The molecule has 2 aromatic carbocycles. The molecular formula is C24H25N3O2S. The first-order chi connectivity index (χ1) is 14.7. The number of aryl methyl sites for hydroxylation is 1. The molecule has 2 atom stereocenters. The van der Waals surface area contributed by atoms with Crippen molar-refractivity contribution >= 4 is 17.7 Å². The Morgan fingerprint density at radius 3 is 2.67 bits per heavy atom. The summed E-state index contributed by atoms with van der Waals surface area (Å²) in [5.41, 5.74) is 5.31. The van der Waals surface area contributed by atoms with Gasteiger partial charge in [-0.05, 0) is 31.9 Å². The van der Waals surface area contributed by atoms with Crippen molar-refractivity contribution in [3.8, 4) is 16.9 Å². The van der Waals surface area contributed by atoms with Crippen molar-refractivity contribution in [2.24, 2.45) is 0 Å². The summed E-state index contributed by atoms with van der Waals surface area (Å²) in [5.74, 6) is 0.684. The van der Waals surface area contributed by atoms with Crippen molar-refractivity contribution in [3.05, 3.63) is 71.9 Å². The Kier molecular flexibility index (Phi) is 5.35. The summed E-state index contributed by atoms with van der Waals surface area (Å²) in [6, 6.07) is 18.6. The molecule has 1 amide bonds. The van der Waals surface area contributed by atoms with Crippen LogP contribution in [0, 0.1) is 6.92 Å². The fraction of sp³-hybridized carbons (Fsp3) is 0.333. The average molecular weight is 420 g/mol. The second kappa shape index (κ2) is 8.28. The number of hydrogen-bond donors (Lipinski definition) is 0. The van der Waals surface area contributed by atoms with Crippen molar-refractivity contribution < 1.29 is 9.53 Å². The third-order valence-electron chi connectivity index (χ3n) is 5.75. The topological polar surface area (TPSA) is 47.4 Å². The second-order valence-electron chi connectivity index (χ2n) is 7.92. The van der Waals surface area contributed by atoms with E-state index in [9.17, 15) is 4.79 Å². The maximum atomic E-state index is 12.7. The van der Waals surface area contributed by atoms with Gasteiger partial charge in [-0.1, -0.05) is 48.0 Å². The molecule has 5 rings (SSSR count). The van der Waals surface area contributed by atoms with Crippen molar-refractivity contribution in [1.82, 2.24) is 14.7 Å². The lowest BCUT2D eigenvalue weighted by atomic mass is 10.1. The van der Waals surface area contributed by atoms with Crippen LogP contribution in [0.1, 0.15) is 29.3 Å². The molecular weight excluding hydrogens is 394 g/mol. The zero-order valence-corrected chi connectivity index (χ0v) is 17.8. The fourth-order valence-electron chi connectivity index (χ4n) is 4.13. The van der Waals surface area contributed by atoms with Crippen molar-refractivity contribution in [2.45, 2.75) is 31.2 Å². The number of carbonyl (C=O) groups is 1. The van der Waals surface area contributed by atoms with Gasteiger partial charge in [0, 0.05) is 30.5 Å². The Morgan fingerprint density at radius 2 is 1.93 bits per heavy atom. The first-order valence-electron chi connectivity index (χ1n) is 10.4. The molecule has 5 nitrogen and oxygen atoms in total. The van der Waals surface area contributed by atoms with Crippen LogP contribution in [-0.2, 0) is 9.53 Å². The van der Waals surface area contributed by atoms with Crippen LogP contribution in [-0.4, -0.2) is 45.6 Å². The van der Waals surface area contributed by atoms with Gasteiger partial charge in [-0.25, -0.2) is 4.68 Å². The maximum absolute atomic E-state index is 12.7. The minimum atomic E-state index is -0.0459. The van der Waals surface area contributed by atoms with E-state index >= 15 is 0 Å². The smallest absolute Gasteiger partial charge is 0.233 e. The molecule has 3 heterocycles. The number of ether oxygens (including phenoxy) is 1. The largest absolute Gasteiger partial charge is 0.376 e. The maximum Gasteiger partial charge on any atom is 0.233 e. The van der Waals surface area contributed by atoms with Gasteiger partial charge in [-0.3, -0.25) is 4.79 Å². The first kappa shape index (κ1) is 19.4. The highest BCUT2D eigenvalue weighted by Crippen LogP contribution is 2.43. The van der Waals surface area contributed by atoms with E-state index in [4.69, 9.17) is 9.84 Å².